The van der Waals surface area contributed by atoms with E-state index in [9.17, 15) is 13.2 Å². The Morgan fingerprint density at radius 2 is 1.66 bits per heavy atom. The number of hydrogen-bond donors (Lipinski definition) is 2. The Morgan fingerprint density at radius 1 is 0.969 bits per heavy atom. The Balaban J connectivity index is 1.74. The van der Waals surface area contributed by atoms with Crippen molar-refractivity contribution in [3.05, 3.63) is 101 Å². The number of carbonyl (C=O) groups is 1. The van der Waals surface area contributed by atoms with Crippen LogP contribution in [0.5, 0.6) is 0 Å². The zero-order valence-electron chi connectivity index (χ0n) is 16.9. The lowest BCUT2D eigenvalue weighted by Gasteiger charge is -2.08. The average Bonchev–Trinajstić information content (AvgIpc) is 2.79. The summed E-state index contributed by atoms with van der Waals surface area (Å²) in [5.74, 6) is -0.518. The van der Waals surface area contributed by atoms with Crippen LogP contribution in [0.2, 0.25) is 5.02 Å². The monoisotopic (exact) mass is 467 g/mol. The minimum Gasteiger partial charge on any atom is -0.436 e. The fourth-order valence-electron chi connectivity index (χ4n) is 2.92. The molecule has 4 aromatic rings. The van der Waals surface area contributed by atoms with Crippen LogP contribution in [0.25, 0.3) is 11.0 Å². The molecule has 9 heteroatoms. The maximum atomic E-state index is 13.0. The first kappa shape index (κ1) is 21.6. The summed E-state index contributed by atoms with van der Waals surface area (Å²) in [6, 6.07) is 21.5. The van der Waals surface area contributed by atoms with E-state index in [1.165, 1.54) is 12.1 Å². The van der Waals surface area contributed by atoms with Crippen LogP contribution in [0.3, 0.4) is 0 Å². The van der Waals surface area contributed by atoms with E-state index in [1.807, 2.05) is 6.92 Å². The molecule has 0 bridgehead atoms. The van der Waals surface area contributed by atoms with Crippen molar-refractivity contribution in [3.8, 4) is 0 Å². The molecule has 0 aliphatic carbocycles. The number of fused-ring (bicyclic) bond motifs is 1. The van der Waals surface area contributed by atoms with Gasteiger partial charge in [-0.3, -0.25) is 4.79 Å². The number of hydrogen-bond acceptors (Lipinski definition) is 5. The van der Waals surface area contributed by atoms with E-state index in [0.29, 0.717) is 21.7 Å². The van der Waals surface area contributed by atoms with Gasteiger partial charge in [0.05, 0.1) is 4.90 Å². The predicted molar refractivity (Wildman–Crippen MR) is 123 cm³/mol. The molecule has 0 spiro atoms. The van der Waals surface area contributed by atoms with Gasteiger partial charge in [0.1, 0.15) is 11.1 Å². The smallest absolute Gasteiger partial charge is 0.276 e. The Hall–Kier alpha value is -3.62. The van der Waals surface area contributed by atoms with Crippen molar-refractivity contribution in [2.75, 3.05) is 5.32 Å². The third kappa shape index (κ3) is 4.82. The fraction of sp³-hybridized carbons (Fsp3) is 0.0435. The van der Waals surface area contributed by atoms with Gasteiger partial charge < -0.3 is 9.73 Å². The number of sulfonamides is 1. The molecule has 4 rings (SSSR count). The largest absolute Gasteiger partial charge is 0.436 e. The van der Waals surface area contributed by atoms with Crippen LogP contribution >= 0.6 is 11.6 Å². The van der Waals surface area contributed by atoms with E-state index in [4.69, 9.17) is 16.0 Å². The predicted octanol–water partition coefficient (Wildman–Crippen LogP) is 4.44. The molecule has 1 heterocycles. The second kappa shape index (κ2) is 8.86. The average molecular weight is 468 g/mol. The minimum atomic E-state index is -3.96. The van der Waals surface area contributed by atoms with E-state index in [0.717, 1.165) is 5.56 Å². The van der Waals surface area contributed by atoms with Crippen LogP contribution in [0.15, 0.2) is 93.3 Å². The van der Waals surface area contributed by atoms with Crippen molar-refractivity contribution in [2.24, 2.45) is 5.10 Å². The van der Waals surface area contributed by atoms with Gasteiger partial charge in [0.25, 0.3) is 15.9 Å². The first-order valence-electron chi connectivity index (χ1n) is 9.54. The molecule has 7 nitrogen and oxygen atoms in total. The first-order valence-corrected chi connectivity index (χ1v) is 11.4. The third-order valence-corrected chi connectivity index (χ3v) is 6.08. The maximum Gasteiger partial charge on any atom is 0.276 e. The number of rotatable bonds is 5. The second-order valence-electron chi connectivity index (χ2n) is 6.98. The van der Waals surface area contributed by atoms with Crippen LogP contribution in [-0.2, 0) is 10.0 Å². The molecule has 3 aromatic carbocycles. The lowest BCUT2D eigenvalue weighted by molar-refractivity contribution is 0.102. The van der Waals surface area contributed by atoms with Crippen molar-refractivity contribution in [1.82, 2.24) is 4.83 Å². The molecular formula is C23H18ClN3O4S. The van der Waals surface area contributed by atoms with Crippen LogP contribution in [0, 0.1) is 6.92 Å². The number of nitrogens with one attached hydrogen (secondary N) is 2. The maximum absolute atomic E-state index is 13.0. The lowest BCUT2D eigenvalue weighted by Crippen LogP contribution is -2.27. The van der Waals surface area contributed by atoms with Gasteiger partial charge in [-0.1, -0.05) is 47.5 Å². The molecule has 0 atom stereocenters. The molecular weight excluding hydrogens is 450 g/mol. The Labute approximate surface area is 189 Å². The summed E-state index contributed by atoms with van der Waals surface area (Å²) in [6.45, 7) is 1.85. The van der Waals surface area contributed by atoms with Gasteiger partial charge >= 0.3 is 0 Å². The van der Waals surface area contributed by atoms with Gasteiger partial charge in [-0.2, -0.15) is 13.2 Å². The summed E-state index contributed by atoms with van der Waals surface area (Å²) in [7, 11) is -3.96. The van der Waals surface area contributed by atoms with E-state index < -0.39 is 15.9 Å². The summed E-state index contributed by atoms with van der Waals surface area (Å²) >= 11 is 5.89. The van der Waals surface area contributed by atoms with E-state index >= 15 is 0 Å². The number of nitrogens with zero attached hydrogens (tertiary/aromatic N) is 1. The number of para-hydroxylation sites is 1. The molecule has 0 unspecified atom stereocenters. The van der Waals surface area contributed by atoms with Gasteiger partial charge in [-0.15, -0.1) is 5.10 Å². The molecule has 0 aliphatic rings. The third-order valence-electron chi connectivity index (χ3n) is 4.60. The summed E-state index contributed by atoms with van der Waals surface area (Å²) in [6.07, 6.45) is 0. The highest BCUT2D eigenvalue weighted by molar-refractivity contribution is 7.89. The van der Waals surface area contributed by atoms with E-state index in [2.05, 4.69) is 15.2 Å². The summed E-state index contributed by atoms with van der Waals surface area (Å²) in [4.78, 5) is 15.1. The molecule has 2 N–H and O–H groups in total. The van der Waals surface area contributed by atoms with E-state index in [-0.39, 0.29) is 16.0 Å². The lowest BCUT2D eigenvalue weighted by atomic mass is 10.1. The van der Waals surface area contributed by atoms with Crippen molar-refractivity contribution in [1.29, 1.82) is 0 Å². The van der Waals surface area contributed by atoms with Crippen molar-refractivity contribution in [3.63, 3.8) is 0 Å². The molecule has 0 radical (unpaired) electrons. The topological polar surface area (TPSA) is 101 Å². The minimum absolute atomic E-state index is 0.0415. The summed E-state index contributed by atoms with van der Waals surface area (Å²) < 4.78 is 31.0. The molecule has 0 saturated carbocycles. The quantitative estimate of drug-likeness (QED) is 0.423. The molecule has 0 saturated heterocycles. The Bertz CT molecular complexity index is 1460. The highest BCUT2D eigenvalue weighted by Gasteiger charge is 2.16. The van der Waals surface area contributed by atoms with Crippen LogP contribution < -0.4 is 15.7 Å². The van der Waals surface area contributed by atoms with Crippen molar-refractivity contribution < 1.29 is 17.6 Å². The number of halogens is 1. The zero-order chi connectivity index (χ0) is 22.7. The fourth-order valence-corrected chi connectivity index (χ4v) is 3.85. The molecule has 1 aromatic heterocycles. The zero-order valence-corrected chi connectivity index (χ0v) is 18.4. The summed E-state index contributed by atoms with van der Waals surface area (Å²) in [5.41, 5.74) is 1.77. The highest BCUT2D eigenvalue weighted by Crippen LogP contribution is 2.16. The van der Waals surface area contributed by atoms with Crippen molar-refractivity contribution in [2.45, 2.75) is 11.8 Å². The first-order chi connectivity index (χ1) is 15.3. The van der Waals surface area contributed by atoms with Gasteiger partial charge in [-0.05, 0) is 55.5 Å². The van der Waals surface area contributed by atoms with Gasteiger partial charge in [-0.25, -0.2) is 0 Å². The number of anilines is 1. The van der Waals surface area contributed by atoms with Crippen molar-refractivity contribution >= 4 is 44.2 Å². The van der Waals surface area contributed by atoms with Gasteiger partial charge in [0, 0.05) is 16.1 Å². The molecule has 0 aliphatic heterocycles. The number of benzene rings is 3. The van der Waals surface area contributed by atoms with Gasteiger partial charge in [0.15, 0.2) is 0 Å². The van der Waals surface area contributed by atoms with Crippen LogP contribution in [-0.4, -0.2) is 14.3 Å². The normalized spacial score (nSPS) is 12.0. The van der Waals surface area contributed by atoms with Crippen LogP contribution in [0.4, 0.5) is 5.69 Å². The molecule has 32 heavy (non-hydrogen) atoms. The molecule has 162 valence electrons. The highest BCUT2D eigenvalue weighted by atomic mass is 35.5. The number of amides is 1. The van der Waals surface area contributed by atoms with Gasteiger partial charge in [0.2, 0.25) is 5.55 Å². The Kier molecular flexibility index (Phi) is 5.98. The van der Waals surface area contributed by atoms with E-state index in [1.54, 1.807) is 66.7 Å². The SMILES string of the molecule is Cc1ccc(S(=O)(=O)N/N=c2\oc3ccccc3cc2C(=O)Nc2ccc(Cl)cc2)cc1. The molecule has 0 fully saturated rings. The molecule has 1 amide bonds. The second-order valence-corrected chi connectivity index (χ2v) is 9.08. The number of carbonyl (C=O) groups excluding carboxylic acids is 1. The Morgan fingerprint density at radius 3 is 2.38 bits per heavy atom. The summed E-state index contributed by atoms with van der Waals surface area (Å²) in [5, 5.41) is 7.84. The standard InChI is InChI=1S/C23H18ClN3O4S/c1-15-6-12-19(13-7-15)32(29,30)27-26-23-20(14-16-4-2-3-5-21(16)31-23)22(28)25-18-10-8-17(24)9-11-18/h2-14,27H,1H3,(H,25,28)/b26-23-. The van der Waals surface area contributed by atoms with Crippen LogP contribution in [0.1, 0.15) is 15.9 Å². The number of aryl methyl sites for hydroxylation is 1.